The van der Waals surface area contributed by atoms with E-state index in [1.54, 1.807) is 30.5 Å². The number of carbonyl (C=O) groups is 1. The average Bonchev–Trinajstić information content (AvgIpc) is 3.42. The monoisotopic (exact) mass is 402 g/mol. The van der Waals surface area contributed by atoms with Crippen molar-refractivity contribution in [1.82, 2.24) is 25.6 Å². The summed E-state index contributed by atoms with van der Waals surface area (Å²) in [5, 5.41) is 10.4. The number of hydrazine groups is 1. The third-order valence-corrected chi connectivity index (χ3v) is 4.83. The highest BCUT2D eigenvalue weighted by molar-refractivity contribution is 5.97. The van der Waals surface area contributed by atoms with E-state index < -0.39 is 5.91 Å². The van der Waals surface area contributed by atoms with Crippen LogP contribution in [0.5, 0.6) is 5.75 Å². The van der Waals surface area contributed by atoms with Crippen LogP contribution in [0.2, 0.25) is 0 Å². The Hall–Kier alpha value is -4.18. The molecular weight excluding hydrogens is 384 g/mol. The van der Waals surface area contributed by atoms with E-state index in [4.69, 9.17) is 16.2 Å². The number of pyridine rings is 2. The van der Waals surface area contributed by atoms with Crippen LogP contribution in [0.4, 0.5) is 11.5 Å². The molecule has 4 heterocycles. The van der Waals surface area contributed by atoms with Crippen molar-refractivity contribution < 1.29 is 9.53 Å². The number of aromatic nitrogens is 4. The number of carbonyl (C=O) groups excluding carboxylic acids is 1. The average molecular weight is 402 g/mol. The van der Waals surface area contributed by atoms with E-state index in [-0.39, 0.29) is 12.4 Å². The van der Waals surface area contributed by atoms with Crippen molar-refractivity contribution in [3.05, 3.63) is 60.1 Å². The van der Waals surface area contributed by atoms with Crippen molar-refractivity contribution >= 4 is 39.3 Å². The van der Waals surface area contributed by atoms with Gasteiger partial charge in [-0.05, 0) is 30.3 Å². The number of nitrogens with zero attached hydrogens (tertiary/aromatic N) is 4. The Morgan fingerprint density at radius 2 is 2.10 bits per heavy atom. The molecule has 150 valence electrons. The maximum Gasteiger partial charge on any atom is 0.248 e. The van der Waals surface area contributed by atoms with Crippen molar-refractivity contribution in [3.63, 3.8) is 0 Å². The SMILES string of the molecule is NC(=O)c1ccc2nc(N)c(OCc3nc4[nH]ncc4cc3N3C=CCN3)cc2c1. The van der Waals surface area contributed by atoms with Crippen LogP contribution in [-0.4, -0.2) is 32.6 Å². The fourth-order valence-corrected chi connectivity index (χ4v) is 3.34. The molecule has 1 amide bonds. The van der Waals surface area contributed by atoms with Gasteiger partial charge in [-0.1, -0.05) is 6.08 Å². The molecule has 3 aromatic heterocycles. The summed E-state index contributed by atoms with van der Waals surface area (Å²) in [6, 6.07) is 8.70. The van der Waals surface area contributed by atoms with Gasteiger partial charge in [0.2, 0.25) is 5.91 Å². The Bertz CT molecular complexity index is 1310. The first-order valence-corrected chi connectivity index (χ1v) is 9.24. The number of nitrogen functional groups attached to an aromatic ring is 1. The molecular formula is C20H18N8O2. The maximum absolute atomic E-state index is 11.5. The number of aromatic amines is 1. The van der Waals surface area contributed by atoms with Gasteiger partial charge in [-0.25, -0.2) is 15.4 Å². The molecule has 0 radical (unpaired) electrons. The van der Waals surface area contributed by atoms with Crippen molar-refractivity contribution in [2.45, 2.75) is 6.61 Å². The Morgan fingerprint density at radius 1 is 1.20 bits per heavy atom. The van der Waals surface area contributed by atoms with Gasteiger partial charge in [0.05, 0.1) is 17.4 Å². The number of H-pyrrole nitrogens is 1. The molecule has 1 aromatic carbocycles. The Kier molecular flexibility index (Phi) is 4.18. The number of primary amides is 1. The van der Waals surface area contributed by atoms with E-state index in [1.807, 2.05) is 23.4 Å². The van der Waals surface area contributed by atoms with Crippen molar-refractivity contribution in [3.8, 4) is 5.75 Å². The fourth-order valence-electron chi connectivity index (χ4n) is 3.34. The molecule has 0 unspecified atom stereocenters. The number of nitrogens with two attached hydrogens (primary N) is 2. The van der Waals surface area contributed by atoms with Crippen molar-refractivity contribution in [2.24, 2.45) is 5.73 Å². The lowest BCUT2D eigenvalue weighted by atomic mass is 10.1. The second-order valence-electron chi connectivity index (χ2n) is 6.81. The zero-order chi connectivity index (χ0) is 20.7. The zero-order valence-electron chi connectivity index (χ0n) is 15.8. The maximum atomic E-state index is 11.5. The molecule has 0 saturated carbocycles. The highest BCUT2D eigenvalue weighted by atomic mass is 16.5. The summed E-state index contributed by atoms with van der Waals surface area (Å²) in [7, 11) is 0. The van der Waals surface area contributed by atoms with Crippen LogP contribution in [0.25, 0.3) is 21.9 Å². The highest BCUT2D eigenvalue weighted by Gasteiger charge is 2.17. The number of ether oxygens (including phenoxy) is 1. The van der Waals surface area contributed by atoms with Crippen LogP contribution in [0, 0.1) is 0 Å². The minimum atomic E-state index is -0.510. The third kappa shape index (κ3) is 3.14. The molecule has 10 heteroatoms. The van der Waals surface area contributed by atoms with E-state index in [2.05, 4.69) is 25.6 Å². The summed E-state index contributed by atoms with van der Waals surface area (Å²) in [5.41, 5.74) is 17.9. The number of hydrogen-bond donors (Lipinski definition) is 4. The molecule has 10 nitrogen and oxygen atoms in total. The molecule has 30 heavy (non-hydrogen) atoms. The molecule has 0 bridgehead atoms. The molecule has 6 N–H and O–H groups in total. The second kappa shape index (κ2) is 7.01. The number of rotatable bonds is 5. The van der Waals surface area contributed by atoms with E-state index >= 15 is 0 Å². The number of anilines is 2. The first-order valence-electron chi connectivity index (χ1n) is 9.24. The Morgan fingerprint density at radius 3 is 2.90 bits per heavy atom. The summed E-state index contributed by atoms with van der Waals surface area (Å²) < 4.78 is 5.98. The molecule has 0 aliphatic carbocycles. The predicted molar refractivity (Wildman–Crippen MR) is 113 cm³/mol. The number of nitrogens with one attached hydrogen (secondary N) is 2. The van der Waals surface area contributed by atoms with Gasteiger partial charge in [-0.2, -0.15) is 5.10 Å². The van der Waals surface area contributed by atoms with Gasteiger partial charge >= 0.3 is 0 Å². The number of fused-ring (bicyclic) bond motifs is 2. The topological polar surface area (TPSA) is 148 Å². The van der Waals surface area contributed by atoms with Crippen LogP contribution in [0.1, 0.15) is 16.1 Å². The first kappa shape index (κ1) is 17.9. The molecule has 4 aromatic rings. The van der Waals surface area contributed by atoms with Gasteiger partial charge in [-0.3, -0.25) is 14.9 Å². The zero-order valence-corrected chi connectivity index (χ0v) is 15.8. The molecule has 1 aliphatic heterocycles. The molecule has 0 atom stereocenters. The van der Waals surface area contributed by atoms with Crippen LogP contribution >= 0.6 is 0 Å². The quantitative estimate of drug-likeness (QED) is 0.393. The van der Waals surface area contributed by atoms with Gasteiger partial charge in [-0.15, -0.1) is 0 Å². The van der Waals surface area contributed by atoms with Gasteiger partial charge in [0.25, 0.3) is 0 Å². The molecule has 5 rings (SSSR count). The van der Waals surface area contributed by atoms with E-state index in [0.29, 0.717) is 33.6 Å². The Balaban J connectivity index is 1.49. The molecule has 0 fully saturated rings. The second-order valence-corrected chi connectivity index (χ2v) is 6.81. The number of amides is 1. The van der Waals surface area contributed by atoms with Gasteiger partial charge in [0, 0.05) is 29.1 Å². The van der Waals surface area contributed by atoms with E-state index in [9.17, 15) is 4.79 Å². The minimum absolute atomic E-state index is 0.156. The summed E-state index contributed by atoms with van der Waals surface area (Å²) in [4.78, 5) is 20.5. The van der Waals surface area contributed by atoms with Crippen molar-refractivity contribution in [1.29, 1.82) is 0 Å². The fraction of sp³-hybridized carbons (Fsp3) is 0.100. The summed E-state index contributed by atoms with van der Waals surface area (Å²) in [6.07, 6.45) is 5.66. The summed E-state index contributed by atoms with van der Waals surface area (Å²) in [6.45, 7) is 0.886. The van der Waals surface area contributed by atoms with E-state index in [1.165, 1.54) is 0 Å². The van der Waals surface area contributed by atoms with Crippen LogP contribution in [-0.2, 0) is 6.61 Å². The third-order valence-electron chi connectivity index (χ3n) is 4.83. The predicted octanol–water partition coefficient (Wildman–Crippen LogP) is 1.60. The largest absolute Gasteiger partial charge is 0.483 e. The van der Waals surface area contributed by atoms with Crippen LogP contribution in [0.3, 0.4) is 0 Å². The smallest absolute Gasteiger partial charge is 0.248 e. The number of benzene rings is 1. The highest BCUT2D eigenvalue weighted by Crippen LogP contribution is 2.29. The standard InChI is InChI=1S/C20H18N8O2/c21-18-17(8-12-6-11(19(22)29)2-3-14(12)25-18)30-10-15-16(28-5-1-4-24-28)7-13-9-23-27-20(13)26-15/h1-3,5-9,24H,4,10H2,(H2,21,25)(H2,22,29)(H,23,26,27). The summed E-state index contributed by atoms with van der Waals surface area (Å²) >= 11 is 0. The van der Waals surface area contributed by atoms with Gasteiger partial charge < -0.3 is 16.2 Å². The van der Waals surface area contributed by atoms with Crippen molar-refractivity contribution in [2.75, 3.05) is 17.3 Å². The lowest BCUT2D eigenvalue weighted by molar-refractivity contribution is 0.100. The van der Waals surface area contributed by atoms with Gasteiger partial charge in [0.1, 0.15) is 12.3 Å². The normalized spacial score (nSPS) is 13.4. The molecule has 0 spiro atoms. The first-order chi connectivity index (χ1) is 14.6. The lowest BCUT2D eigenvalue weighted by Crippen LogP contribution is -2.29. The Labute approximate surface area is 170 Å². The molecule has 0 saturated heterocycles. The lowest BCUT2D eigenvalue weighted by Gasteiger charge is -2.20. The van der Waals surface area contributed by atoms with E-state index in [0.717, 1.165) is 17.6 Å². The summed E-state index contributed by atoms with van der Waals surface area (Å²) in [5.74, 6) is 0.133. The van der Waals surface area contributed by atoms with Gasteiger partial charge in [0.15, 0.2) is 17.2 Å². The molecule has 1 aliphatic rings. The van der Waals surface area contributed by atoms with Crippen LogP contribution in [0.15, 0.2) is 48.8 Å². The number of hydrogen-bond acceptors (Lipinski definition) is 8. The van der Waals surface area contributed by atoms with Crippen LogP contribution < -0.4 is 26.6 Å². The minimum Gasteiger partial charge on any atom is -0.483 e.